The lowest BCUT2D eigenvalue weighted by Crippen LogP contribution is -2.04. The Morgan fingerprint density at radius 2 is 1.94 bits per heavy atom. The van der Waals surface area contributed by atoms with Crippen LogP contribution in [0.4, 0.5) is 0 Å². The van der Waals surface area contributed by atoms with Crippen LogP contribution in [0.5, 0.6) is 0 Å². The second-order valence-corrected chi connectivity index (χ2v) is 9.12. The van der Waals surface area contributed by atoms with E-state index in [-0.39, 0.29) is 0 Å². The Bertz CT molecular complexity index is 1390. The van der Waals surface area contributed by atoms with Crippen molar-refractivity contribution in [3.63, 3.8) is 0 Å². The highest BCUT2D eigenvalue weighted by Gasteiger charge is 2.20. The lowest BCUT2D eigenvalue weighted by atomic mass is 9.98. The fourth-order valence-electron chi connectivity index (χ4n) is 3.67. The molecule has 0 saturated carbocycles. The van der Waals surface area contributed by atoms with E-state index in [1.54, 1.807) is 11.8 Å². The number of tetrazole rings is 1. The van der Waals surface area contributed by atoms with Gasteiger partial charge in [0.05, 0.1) is 12.1 Å². The first-order valence-corrected chi connectivity index (χ1v) is 11.8. The number of thioether (sulfide) groups is 1. The standard InChI is InChI=1S/C22H18N6O2S2/c1-2-31-22-23-17-12-32-19(21(29)30)18(17)28(22)11-13-7-9-14(10-8-13)15-5-3-4-6-16(15)20-24-26-27-25-20/h3-10,12H,2,11H2,1H3,(H,29,30)(H,24,25,26,27). The van der Waals surface area contributed by atoms with Gasteiger partial charge in [0.25, 0.3) is 0 Å². The number of imidazole rings is 1. The molecule has 160 valence electrons. The Morgan fingerprint density at radius 1 is 1.16 bits per heavy atom. The second kappa shape index (κ2) is 8.56. The number of nitrogens with one attached hydrogen (secondary N) is 1. The van der Waals surface area contributed by atoms with Crippen molar-refractivity contribution in [3.8, 4) is 22.5 Å². The van der Waals surface area contributed by atoms with E-state index >= 15 is 0 Å². The van der Waals surface area contributed by atoms with Gasteiger partial charge in [0, 0.05) is 10.9 Å². The molecule has 10 heteroatoms. The zero-order valence-electron chi connectivity index (χ0n) is 17.0. The summed E-state index contributed by atoms with van der Waals surface area (Å²) in [6.45, 7) is 2.61. The largest absolute Gasteiger partial charge is 0.477 e. The minimum absolute atomic E-state index is 0.321. The highest BCUT2D eigenvalue weighted by Crippen LogP contribution is 2.33. The molecule has 0 aliphatic heterocycles. The van der Waals surface area contributed by atoms with Crippen LogP contribution in [0, 0.1) is 0 Å². The van der Waals surface area contributed by atoms with Crippen molar-refractivity contribution < 1.29 is 9.90 Å². The summed E-state index contributed by atoms with van der Waals surface area (Å²) in [6.07, 6.45) is 0. The Kier molecular flexibility index (Phi) is 5.46. The van der Waals surface area contributed by atoms with E-state index in [9.17, 15) is 9.90 Å². The number of carbonyl (C=O) groups is 1. The van der Waals surface area contributed by atoms with Crippen molar-refractivity contribution in [1.82, 2.24) is 30.2 Å². The van der Waals surface area contributed by atoms with Crippen molar-refractivity contribution in [2.75, 3.05) is 5.75 Å². The van der Waals surface area contributed by atoms with Crippen LogP contribution in [0.2, 0.25) is 0 Å². The van der Waals surface area contributed by atoms with Crippen LogP contribution in [-0.2, 0) is 6.54 Å². The topological polar surface area (TPSA) is 110 Å². The van der Waals surface area contributed by atoms with Gasteiger partial charge in [0.15, 0.2) is 11.0 Å². The molecule has 2 N–H and O–H groups in total. The van der Waals surface area contributed by atoms with Crippen LogP contribution >= 0.6 is 23.1 Å². The van der Waals surface area contributed by atoms with Crippen LogP contribution < -0.4 is 0 Å². The summed E-state index contributed by atoms with van der Waals surface area (Å²) < 4.78 is 2.01. The number of H-pyrrole nitrogens is 1. The van der Waals surface area contributed by atoms with Gasteiger partial charge in [0.2, 0.25) is 0 Å². The number of aromatic nitrogens is 6. The van der Waals surface area contributed by atoms with Gasteiger partial charge in [-0.1, -0.05) is 67.2 Å². The van der Waals surface area contributed by atoms with E-state index < -0.39 is 5.97 Å². The Labute approximate surface area is 191 Å². The average Bonchev–Trinajstić information content (AvgIpc) is 3.53. The number of nitrogens with zero attached hydrogens (tertiary/aromatic N) is 5. The molecule has 5 aromatic rings. The third kappa shape index (κ3) is 3.67. The van der Waals surface area contributed by atoms with Gasteiger partial charge in [-0.15, -0.1) is 16.4 Å². The van der Waals surface area contributed by atoms with Crippen molar-refractivity contribution >= 4 is 40.1 Å². The van der Waals surface area contributed by atoms with E-state index in [2.05, 4.69) is 56.8 Å². The first-order valence-electron chi connectivity index (χ1n) is 9.92. The van der Waals surface area contributed by atoms with Gasteiger partial charge in [-0.25, -0.2) is 14.9 Å². The third-order valence-corrected chi connectivity index (χ3v) is 6.87. The number of rotatable bonds is 7. The van der Waals surface area contributed by atoms with E-state index in [1.165, 1.54) is 11.3 Å². The summed E-state index contributed by atoms with van der Waals surface area (Å²) in [7, 11) is 0. The van der Waals surface area contributed by atoms with Crippen molar-refractivity contribution in [2.45, 2.75) is 18.6 Å². The van der Waals surface area contributed by atoms with Crippen molar-refractivity contribution in [2.24, 2.45) is 0 Å². The Balaban J connectivity index is 1.50. The fraction of sp³-hybridized carbons (Fsp3) is 0.136. The quantitative estimate of drug-likeness (QED) is 0.334. The molecule has 0 unspecified atom stereocenters. The van der Waals surface area contributed by atoms with Crippen LogP contribution in [0.25, 0.3) is 33.5 Å². The molecule has 2 aromatic carbocycles. The zero-order valence-corrected chi connectivity index (χ0v) is 18.7. The number of aromatic carboxylic acids is 1. The van der Waals surface area contributed by atoms with Crippen LogP contribution in [0.15, 0.2) is 59.1 Å². The molecule has 0 amide bonds. The fourth-order valence-corrected chi connectivity index (χ4v) is 5.22. The van der Waals surface area contributed by atoms with Gasteiger partial charge in [0.1, 0.15) is 10.4 Å². The van der Waals surface area contributed by atoms with E-state index in [0.717, 1.165) is 38.7 Å². The molecule has 8 nitrogen and oxygen atoms in total. The molecular weight excluding hydrogens is 444 g/mol. The lowest BCUT2D eigenvalue weighted by molar-refractivity contribution is 0.0703. The monoisotopic (exact) mass is 462 g/mol. The Morgan fingerprint density at radius 3 is 2.62 bits per heavy atom. The maximum atomic E-state index is 11.7. The van der Waals surface area contributed by atoms with Gasteiger partial charge >= 0.3 is 5.97 Å². The molecule has 0 radical (unpaired) electrons. The number of carboxylic acid groups (broad SMARTS) is 1. The van der Waals surface area contributed by atoms with Gasteiger partial charge in [-0.05, 0) is 32.9 Å². The maximum Gasteiger partial charge on any atom is 0.348 e. The number of benzene rings is 2. The minimum atomic E-state index is -0.923. The highest BCUT2D eigenvalue weighted by atomic mass is 32.2. The molecule has 0 fully saturated rings. The summed E-state index contributed by atoms with van der Waals surface area (Å²) in [4.78, 5) is 16.7. The number of aromatic amines is 1. The number of carboxylic acids is 1. The maximum absolute atomic E-state index is 11.7. The van der Waals surface area contributed by atoms with Gasteiger partial charge in [-0.3, -0.25) is 0 Å². The molecule has 5 rings (SSSR count). The smallest absolute Gasteiger partial charge is 0.348 e. The molecular formula is C22H18N6O2S2. The third-order valence-electron chi connectivity index (χ3n) is 5.06. The van der Waals surface area contributed by atoms with Crippen LogP contribution in [0.3, 0.4) is 0 Å². The number of hydrogen-bond acceptors (Lipinski definition) is 7. The number of thiophene rings is 1. The molecule has 3 heterocycles. The van der Waals surface area contributed by atoms with Gasteiger partial charge < -0.3 is 9.67 Å². The van der Waals surface area contributed by atoms with Crippen molar-refractivity contribution in [3.05, 3.63) is 64.4 Å². The molecule has 0 aliphatic carbocycles. The predicted octanol–water partition coefficient (Wildman–Crippen LogP) is 4.80. The summed E-state index contributed by atoms with van der Waals surface area (Å²) in [6, 6.07) is 16.2. The zero-order chi connectivity index (χ0) is 22.1. The first kappa shape index (κ1) is 20.4. The Hall–Kier alpha value is -3.50. The lowest BCUT2D eigenvalue weighted by Gasteiger charge is -2.11. The molecule has 0 saturated heterocycles. The second-order valence-electron chi connectivity index (χ2n) is 7.01. The molecule has 0 aliphatic rings. The van der Waals surface area contributed by atoms with Gasteiger partial charge in [-0.2, -0.15) is 0 Å². The van der Waals surface area contributed by atoms with Crippen molar-refractivity contribution in [1.29, 1.82) is 0 Å². The van der Waals surface area contributed by atoms with E-state index in [1.807, 2.05) is 34.2 Å². The minimum Gasteiger partial charge on any atom is -0.477 e. The molecule has 3 aromatic heterocycles. The molecule has 0 spiro atoms. The summed E-state index contributed by atoms with van der Waals surface area (Å²) in [5.41, 5.74) is 5.47. The predicted molar refractivity (Wildman–Crippen MR) is 125 cm³/mol. The average molecular weight is 463 g/mol. The first-order chi connectivity index (χ1) is 15.7. The number of fused-ring (bicyclic) bond motifs is 1. The van der Waals surface area contributed by atoms with E-state index in [4.69, 9.17) is 0 Å². The summed E-state index contributed by atoms with van der Waals surface area (Å²) >= 11 is 2.83. The summed E-state index contributed by atoms with van der Waals surface area (Å²) in [5.74, 6) is 0.552. The van der Waals surface area contributed by atoms with Crippen LogP contribution in [-0.4, -0.2) is 47.0 Å². The molecule has 0 atom stereocenters. The normalized spacial score (nSPS) is 11.3. The molecule has 0 bridgehead atoms. The summed E-state index contributed by atoms with van der Waals surface area (Å²) in [5, 5.41) is 26.5. The van der Waals surface area contributed by atoms with E-state index in [0.29, 0.717) is 22.8 Å². The SMILES string of the molecule is CCSc1nc2csc(C(=O)O)c2n1Cc1ccc(-c2ccccc2-c2nnn[nH]2)cc1. The molecule has 32 heavy (non-hydrogen) atoms. The highest BCUT2D eigenvalue weighted by molar-refractivity contribution is 7.99. The number of hydrogen-bond donors (Lipinski definition) is 2. The van der Waals surface area contributed by atoms with Crippen LogP contribution in [0.1, 0.15) is 22.2 Å².